The summed E-state index contributed by atoms with van der Waals surface area (Å²) in [4.78, 5) is 36.8. The van der Waals surface area contributed by atoms with Crippen LogP contribution in [0.4, 0.5) is 5.69 Å². The average Bonchev–Trinajstić information content (AvgIpc) is 2.71. The highest BCUT2D eigenvalue weighted by atomic mass is 32.2. The first kappa shape index (κ1) is 21.8. The third-order valence-corrected chi connectivity index (χ3v) is 7.18. The molecule has 9 nitrogen and oxygen atoms in total. The minimum atomic E-state index is -3.84. The van der Waals surface area contributed by atoms with Gasteiger partial charge < -0.3 is 5.32 Å². The van der Waals surface area contributed by atoms with Crippen molar-refractivity contribution >= 4 is 45.2 Å². The van der Waals surface area contributed by atoms with Gasteiger partial charge in [0, 0.05) is 17.5 Å². The highest BCUT2D eigenvalue weighted by Crippen LogP contribution is 2.31. The van der Waals surface area contributed by atoms with Crippen LogP contribution in [0.2, 0.25) is 0 Å². The van der Waals surface area contributed by atoms with Crippen molar-refractivity contribution in [3.63, 3.8) is 0 Å². The fourth-order valence-electron chi connectivity index (χ4n) is 2.64. The SMILES string of the molecule is Cc1ccc(S(=O)(=O)N(C)CC(=O)NNC(=O)c2ccc3c(c2)NC(=O)CS3)cc1. The Morgan fingerprint density at radius 1 is 1.13 bits per heavy atom. The molecule has 0 saturated heterocycles. The van der Waals surface area contributed by atoms with Crippen LogP contribution in [0, 0.1) is 6.92 Å². The number of rotatable bonds is 5. The summed E-state index contributed by atoms with van der Waals surface area (Å²) in [6, 6.07) is 11.1. The maximum atomic E-state index is 12.5. The van der Waals surface area contributed by atoms with Crippen molar-refractivity contribution in [3.05, 3.63) is 53.6 Å². The van der Waals surface area contributed by atoms with Crippen LogP contribution >= 0.6 is 11.8 Å². The van der Waals surface area contributed by atoms with Crippen LogP contribution in [-0.2, 0) is 19.6 Å². The topological polar surface area (TPSA) is 125 Å². The van der Waals surface area contributed by atoms with Gasteiger partial charge in [0.2, 0.25) is 15.9 Å². The summed E-state index contributed by atoms with van der Waals surface area (Å²) in [6.07, 6.45) is 0. The number of nitrogens with one attached hydrogen (secondary N) is 3. The van der Waals surface area contributed by atoms with Crippen LogP contribution in [0.25, 0.3) is 0 Å². The van der Waals surface area contributed by atoms with Gasteiger partial charge in [0.1, 0.15) is 0 Å². The van der Waals surface area contributed by atoms with Crippen molar-refractivity contribution in [2.24, 2.45) is 0 Å². The number of sulfonamides is 1. The Morgan fingerprint density at radius 2 is 1.83 bits per heavy atom. The van der Waals surface area contributed by atoms with Gasteiger partial charge >= 0.3 is 0 Å². The van der Waals surface area contributed by atoms with Gasteiger partial charge in [-0.25, -0.2) is 8.42 Å². The molecule has 1 aliphatic rings. The van der Waals surface area contributed by atoms with Gasteiger partial charge in [0.05, 0.1) is 22.9 Å². The summed E-state index contributed by atoms with van der Waals surface area (Å²) in [6.45, 7) is 1.36. The van der Waals surface area contributed by atoms with Crippen LogP contribution in [0.5, 0.6) is 0 Å². The molecule has 0 saturated carbocycles. The van der Waals surface area contributed by atoms with Crippen LogP contribution in [0.15, 0.2) is 52.3 Å². The Labute approximate surface area is 178 Å². The molecule has 3 N–H and O–H groups in total. The molecular weight excluding hydrogens is 428 g/mol. The lowest BCUT2D eigenvalue weighted by atomic mass is 10.2. The third-order valence-electron chi connectivity index (χ3n) is 4.29. The van der Waals surface area contributed by atoms with Crippen LogP contribution < -0.4 is 16.2 Å². The first-order chi connectivity index (χ1) is 14.2. The van der Waals surface area contributed by atoms with Crippen molar-refractivity contribution in [2.45, 2.75) is 16.7 Å². The van der Waals surface area contributed by atoms with Gasteiger partial charge in [-0.2, -0.15) is 4.31 Å². The van der Waals surface area contributed by atoms with Crippen molar-refractivity contribution in [1.82, 2.24) is 15.2 Å². The van der Waals surface area contributed by atoms with Gasteiger partial charge in [-0.3, -0.25) is 25.2 Å². The van der Waals surface area contributed by atoms with E-state index >= 15 is 0 Å². The lowest BCUT2D eigenvalue weighted by molar-refractivity contribution is -0.121. The second-order valence-electron chi connectivity index (χ2n) is 6.62. The Morgan fingerprint density at radius 3 is 2.53 bits per heavy atom. The van der Waals surface area contributed by atoms with E-state index in [9.17, 15) is 22.8 Å². The predicted molar refractivity (Wildman–Crippen MR) is 112 cm³/mol. The van der Waals surface area contributed by atoms with E-state index in [1.54, 1.807) is 24.3 Å². The number of likely N-dealkylation sites (N-methyl/N-ethyl adjacent to an activating group) is 1. The minimum Gasteiger partial charge on any atom is -0.324 e. The Kier molecular flexibility index (Phi) is 6.44. The largest absolute Gasteiger partial charge is 0.324 e. The Hall–Kier alpha value is -2.89. The fourth-order valence-corrected chi connectivity index (χ4v) is 4.56. The van der Waals surface area contributed by atoms with Crippen molar-refractivity contribution in [3.8, 4) is 0 Å². The number of hydrazine groups is 1. The molecule has 0 unspecified atom stereocenters. The number of anilines is 1. The molecule has 3 amide bonds. The smallest absolute Gasteiger partial charge is 0.269 e. The number of thioether (sulfide) groups is 1. The molecule has 2 aromatic rings. The van der Waals surface area contributed by atoms with E-state index < -0.39 is 28.4 Å². The van der Waals surface area contributed by atoms with E-state index in [1.807, 2.05) is 6.92 Å². The Bertz CT molecular complexity index is 1100. The summed E-state index contributed by atoms with van der Waals surface area (Å²) in [5, 5.41) is 2.68. The van der Waals surface area contributed by atoms with E-state index in [2.05, 4.69) is 16.2 Å². The minimum absolute atomic E-state index is 0.0708. The van der Waals surface area contributed by atoms with E-state index in [1.165, 1.54) is 37.0 Å². The quantitative estimate of drug-likeness (QED) is 0.589. The molecule has 3 rings (SSSR count). The molecule has 1 heterocycles. The van der Waals surface area contributed by atoms with Gasteiger partial charge in [-0.1, -0.05) is 17.7 Å². The molecule has 11 heteroatoms. The molecule has 1 aliphatic heterocycles. The van der Waals surface area contributed by atoms with Gasteiger partial charge in [0.25, 0.3) is 11.8 Å². The summed E-state index contributed by atoms with van der Waals surface area (Å²) in [7, 11) is -2.56. The second kappa shape index (κ2) is 8.86. The molecule has 0 atom stereocenters. The molecule has 0 spiro atoms. The molecule has 2 aromatic carbocycles. The molecule has 30 heavy (non-hydrogen) atoms. The summed E-state index contributed by atoms with van der Waals surface area (Å²) in [5.41, 5.74) is 6.11. The maximum Gasteiger partial charge on any atom is 0.269 e. The number of carbonyl (C=O) groups excluding carboxylic acids is 3. The summed E-state index contributed by atoms with van der Waals surface area (Å²) >= 11 is 1.37. The number of nitrogens with zero attached hydrogens (tertiary/aromatic N) is 1. The first-order valence-corrected chi connectivity index (χ1v) is 11.3. The van der Waals surface area contributed by atoms with Gasteiger partial charge in [-0.05, 0) is 37.3 Å². The zero-order chi connectivity index (χ0) is 21.9. The lowest BCUT2D eigenvalue weighted by Gasteiger charge is -2.18. The summed E-state index contributed by atoms with van der Waals surface area (Å²) < 4.78 is 25.9. The maximum absolute atomic E-state index is 12.5. The van der Waals surface area contributed by atoms with Gasteiger partial charge in [0.15, 0.2) is 0 Å². The van der Waals surface area contributed by atoms with Gasteiger partial charge in [-0.15, -0.1) is 11.8 Å². The molecule has 0 aromatic heterocycles. The van der Waals surface area contributed by atoms with E-state index in [0.29, 0.717) is 11.4 Å². The monoisotopic (exact) mass is 448 g/mol. The number of hydrogen-bond donors (Lipinski definition) is 3. The number of amides is 3. The molecule has 0 bridgehead atoms. The van der Waals surface area contributed by atoms with E-state index in [4.69, 9.17) is 0 Å². The zero-order valence-electron chi connectivity index (χ0n) is 16.3. The van der Waals surface area contributed by atoms with Crippen molar-refractivity contribution in [1.29, 1.82) is 0 Å². The van der Waals surface area contributed by atoms with E-state index in [-0.39, 0.29) is 16.4 Å². The summed E-state index contributed by atoms with van der Waals surface area (Å²) in [5.74, 6) is -1.15. The number of carbonyl (C=O) groups is 3. The third kappa shape index (κ3) is 4.99. The molecular formula is C19H20N4O5S2. The van der Waals surface area contributed by atoms with E-state index in [0.717, 1.165) is 14.8 Å². The van der Waals surface area contributed by atoms with Crippen LogP contribution in [0.1, 0.15) is 15.9 Å². The lowest BCUT2D eigenvalue weighted by Crippen LogP contribution is -2.46. The second-order valence-corrected chi connectivity index (χ2v) is 9.69. The predicted octanol–water partition coefficient (Wildman–Crippen LogP) is 1.12. The Balaban J connectivity index is 1.57. The highest BCUT2D eigenvalue weighted by molar-refractivity contribution is 8.00. The molecule has 158 valence electrons. The molecule has 0 aliphatic carbocycles. The highest BCUT2D eigenvalue weighted by Gasteiger charge is 2.23. The number of fused-ring (bicyclic) bond motifs is 1. The fraction of sp³-hybridized carbons (Fsp3) is 0.211. The standard InChI is InChI=1S/C19H20N4O5S2/c1-12-3-6-14(7-4-12)30(27,28)23(2)10-17(24)21-22-19(26)13-5-8-16-15(9-13)20-18(25)11-29-16/h3-9H,10-11H2,1-2H3,(H,20,25)(H,21,24)(H,22,26). The number of benzene rings is 2. The van der Waals surface area contributed by atoms with Crippen LogP contribution in [-0.4, -0.2) is 49.8 Å². The zero-order valence-corrected chi connectivity index (χ0v) is 17.9. The average molecular weight is 449 g/mol. The van der Waals surface area contributed by atoms with Crippen molar-refractivity contribution in [2.75, 3.05) is 24.7 Å². The molecule has 0 fully saturated rings. The normalized spacial score (nSPS) is 13.4. The van der Waals surface area contributed by atoms with Crippen molar-refractivity contribution < 1.29 is 22.8 Å². The molecule has 0 radical (unpaired) electrons. The number of hydrogen-bond acceptors (Lipinski definition) is 6. The first-order valence-electron chi connectivity index (χ1n) is 8.86. The number of aryl methyl sites for hydroxylation is 1. The van der Waals surface area contributed by atoms with Crippen LogP contribution in [0.3, 0.4) is 0 Å².